The Morgan fingerprint density at radius 3 is 1.80 bits per heavy atom. The van der Waals surface area contributed by atoms with Gasteiger partial charge in [0.2, 0.25) is 0 Å². The topological polar surface area (TPSA) is 109 Å². The monoisotopic (exact) mass is 642 g/mol. The number of benzene rings is 2. The van der Waals surface area contributed by atoms with Gasteiger partial charge in [-0.3, -0.25) is 14.4 Å². The second-order valence-electron chi connectivity index (χ2n) is 5.60. The molecule has 2 aromatic carbocycles. The summed E-state index contributed by atoms with van der Waals surface area (Å²) in [7, 11) is 0. The number of Topliss-reactive ketones (excluding diaryl/α,β-unsaturated/α-hetero) is 1. The van der Waals surface area contributed by atoms with Crippen LogP contribution in [0.3, 0.4) is 0 Å². The number of hydrogen-bond donors (Lipinski definition) is 2. The Balaban J connectivity index is 0.000000300. The number of carboxylic acid groups (broad SMARTS) is 2. The minimum Gasteiger partial charge on any atom is -0.481 e. The molecule has 0 radical (unpaired) electrons. The van der Waals surface area contributed by atoms with Crippen LogP contribution in [0, 0.1) is 18.8 Å². The minimum atomic E-state index is -1.24. The molecule has 0 amide bonds. The van der Waals surface area contributed by atoms with Crippen molar-refractivity contribution in [3.63, 3.8) is 0 Å². The van der Waals surface area contributed by atoms with E-state index in [9.17, 15) is 28.0 Å². The van der Waals surface area contributed by atoms with Crippen molar-refractivity contribution in [3.05, 3.63) is 78.5 Å². The zero-order chi connectivity index (χ0) is 22.8. The molecular formula is C20H14F2I2O6. The lowest BCUT2D eigenvalue weighted by atomic mass is 10.1. The smallest absolute Gasteiger partial charge is 0.328 e. The third kappa shape index (κ3) is 9.07. The normalized spacial score (nSPS) is 10.3. The van der Waals surface area contributed by atoms with Crippen molar-refractivity contribution < 1.29 is 38.2 Å². The van der Waals surface area contributed by atoms with Gasteiger partial charge in [0.25, 0.3) is 0 Å². The lowest BCUT2D eigenvalue weighted by molar-refractivity contribution is -0.137. The highest BCUT2D eigenvalue weighted by Crippen LogP contribution is 2.15. The molecule has 10 heteroatoms. The van der Waals surface area contributed by atoms with E-state index in [0.29, 0.717) is 9.65 Å². The average molecular weight is 642 g/mol. The predicted octanol–water partition coefficient (Wildman–Crippen LogP) is 4.73. The summed E-state index contributed by atoms with van der Waals surface area (Å²) in [4.78, 5) is 43.1. The van der Waals surface area contributed by atoms with E-state index < -0.39 is 35.1 Å². The van der Waals surface area contributed by atoms with Crippen molar-refractivity contribution in [2.24, 2.45) is 0 Å². The summed E-state index contributed by atoms with van der Waals surface area (Å²) < 4.78 is 27.8. The highest BCUT2D eigenvalue weighted by atomic mass is 127. The molecule has 0 saturated heterocycles. The zero-order valence-electron chi connectivity index (χ0n) is 15.1. The second kappa shape index (κ2) is 12.5. The van der Waals surface area contributed by atoms with Crippen LogP contribution in [0.5, 0.6) is 0 Å². The third-order valence-electron chi connectivity index (χ3n) is 3.37. The molecule has 0 atom stereocenters. The van der Waals surface area contributed by atoms with Crippen LogP contribution < -0.4 is 0 Å². The standard InChI is InChI=1S/C10H8FIO3.C10H6FIO3/c2*11-8-2-1-6(12)5-7(8)9(13)3-4-10(14)15/h1-2,5H,3-4H2,(H,14,15);1-5H,(H,14,15)/b;4-3+. The maximum absolute atomic E-state index is 13.2. The maximum Gasteiger partial charge on any atom is 0.328 e. The Hall–Kier alpha value is -2.22. The van der Waals surface area contributed by atoms with Gasteiger partial charge in [-0.25, -0.2) is 13.6 Å². The molecule has 0 saturated carbocycles. The van der Waals surface area contributed by atoms with Gasteiger partial charge in [-0.05, 0) is 87.7 Å². The summed E-state index contributed by atoms with van der Waals surface area (Å²) >= 11 is 3.90. The SMILES string of the molecule is O=C(O)/C=C/C(=O)c1cc(I)ccc1F.O=C(O)CCC(=O)c1cc(I)ccc1F. The van der Waals surface area contributed by atoms with Crippen LogP contribution in [-0.4, -0.2) is 33.7 Å². The molecule has 0 heterocycles. The molecule has 158 valence electrons. The first-order chi connectivity index (χ1) is 14.0. The Labute approximate surface area is 197 Å². The van der Waals surface area contributed by atoms with E-state index in [2.05, 4.69) is 0 Å². The highest BCUT2D eigenvalue weighted by molar-refractivity contribution is 14.1. The third-order valence-corrected chi connectivity index (χ3v) is 4.71. The highest BCUT2D eigenvalue weighted by Gasteiger charge is 2.13. The van der Waals surface area contributed by atoms with E-state index in [1.165, 1.54) is 30.3 Å². The Morgan fingerprint density at radius 2 is 1.30 bits per heavy atom. The van der Waals surface area contributed by atoms with E-state index >= 15 is 0 Å². The van der Waals surface area contributed by atoms with Crippen LogP contribution in [0.25, 0.3) is 0 Å². The number of rotatable bonds is 7. The molecule has 0 bridgehead atoms. The largest absolute Gasteiger partial charge is 0.481 e. The summed E-state index contributed by atoms with van der Waals surface area (Å²) in [5.41, 5.74) is -0.164. The van der Waals surface area contributed by atoms with Gasteiger partial charge in [-0.15, -0.1) is 0 Å². The molecule has 6 nitrogen and oxygen atoms in total. The van der Waals surface area contributed by atoms with E-state index in [1.54, 1.807) is 6.07 Å². The number of ketones is 2. The Bertz CT molecular complexity index is 1000. The number of carboxylic acids is 2. The van der Waals surface area contributed by atoms with Crippen LogP contribution in [0.15, 0.2) is 48.6 Å². The van der Waals surface area contributed by atoms with Gasteiger partial charge < -0.3 is 10.2 Å². The molecule has 30 heavy (non-hydrogen) atoms. The van der Waals surface area contributed by atoms with Crippen LogP contribution in [0.4, 0.5) is 8.78 Å². The molecular weight excluding hydrogens is 628 g/mol. The molecule has 0 aliphatic carbocycles. The molecule has 0 spiro atoms. The number of allylic oxidation sites excluding steroid dienone is 1. The van der Waals surface area contributed by atoms with E-state index in [0.717, 1.165) is 9.65 Å². The average Bonchev–Trinajstić information content (AvgIpc) is 2.68. The number of aliphatic carboxylic acids is 2. The van der Waals surface area contributed by atoms with Gasteiger partial charge in [-0.2, -0.15) is 0 Å². The van der Waals surface area contributed by atoms with E-state index in [4.69, 9.17) is 10.2 Å². The summed E-state index contributed by atoms with van der Waals surface area (Å²) in [5.74, 6) is -4.70. The molecule has 0 fully saturated rings. The van der Waals surface area contributed by atoms with Crippen LogP contribution in [0.1, 0.15) is 33.6 Å². The fourth-order valence-electron chi connectivity index (χ4n) is 1.99. The maximum atomic E-state index is 13.2. The number of carbonyl (C=O) groups excluding carboxylic acids is 2. The van der Waals surface area contributed by atoms with Crippen molar-refractivity contribution in [2.75, 3.05) is 0 Å². The molecule has 2 aromatic rings. The molecule has 2 N–H and O–H groups in total. The van der Waals surface area contributed by atoms with Crippen LogP contribution in [0.2, 0.25) is 0 Å². The van der Waals surface area contributed by atoms with E-state index in [1.807, 2.05) is 45.2 Å². The predicted molar refractivity (Wildman–Crippen MR) is 121 cm³/mol. The Kier molecular flexibility index (Phi) is 10.7. The van der Waals surface area contributed by atoms with Crippen molar-refractivity contribution in [1.82, 2.24) is 0 Å². The van der Waals surface area contributed by atoms with Gasteiger partial charge >= 0.3 is 11.9 Å². The van der Waals surface area contributed by atoms with Crippen molar-refractivity contribution in [1.29, 1.82) is 0 Å². The van der Waals surface area contributed by atoms with Gasteiger partial charge in [-0.1, -0.05) is 0 Å². The summed E-state index contributed by atoms with van der Waals surface area (Å²) in [6.07, 6.45) is 1.06. The quantitative estimate of drug-likeness (QED) is 0.257. The van der Waals surface area contributed by atoms with Gasteiger partial charge in [0.15, 0.2) is 11.6 Å². The number of halogens is 4. The van der Waals surface area contributed by atoms with Crippen LogP contribution >= 0.6 is 45.2 Å². The molecule has 0 aliphatic heterocycles. The summed E-state index contributed by atoms with van der Waals surface area (Å²) in [5, 5.41) is 16.7. The van der Waals surface area contributed by atoms with Crippen LogP contribution in [-0.2, 0) is 9.59 Å². The van der Waals surface area contributed by atoms with Crippen molar-refractivity contribution >= 4 is 68.7 Å². The zero-order valence-corrected chi connectivity index (χ0v) is 19.4. The molecule has 0 aromatic heterocycles. The second-order valence-corrected chi connectivity index (χ2v) is 8.09. The fraction of sp³-hybridized carbons (Fsp3) is 0.100. The lowest BCUT2D eigenvalue weighted by Gasteiger charge is -2.01. The van der Waals surface area contributed by atoms with E-state index in [-0.39, 0.29) is 24.0 Å². The minimum absolute atomic E-state index is 0.0387. The van der Waals surface area contributed by atoms with Crippen molar-refractivity contribution in [2.45, 2.75) is 12.8 Å². The number of hydrogen-bond acceptors (Lipinski definition) is 4. The summed E-state index contributed by atoms with van der Waals surface area (Å²) in [6, 6.07) is 8.22. The first kappa shape index (κ1) is 25.8. The number of carbonyl (C=O) groups is 4. The Morgan fingerprint density at radius 1 is 0.800 bits per heavy atom. The van der Waals surface area contributed by atoms with Gasteiger partial charge in [0.05, 0.1) is 17.5 Å². The first-order valence-corrected chi connectivity index (χ1v) is 10.3. The first-order valence-electron chi connectivity index (χ1n) is 8.11. The fourth-order valence-corrected chi connectivity index (χ4v) is 2.97. The van der Waals surface area contributed by atoms with Crippen molar-refractivity contribution in [3.8, 4) is 0 Å². The molecule has 0 unspecified atom stereocenters. The lowest BCUT2D eigenvalue weighted by Crippen LogP contribution is -2.06. The molecule has 2 rings (SSSR count). The summed E-state index contributed by atoms with van der Waals surface area (Å²) in [6.45, 7) is 0. The molecule has 0 aliphatic rings. The van der Waals surface area contributed by atoms with Gasteiger partial charge in [0, 0.05) is 19.6 Å². The van der Waals surface area contributed by atoms with Gasteiger partial charge in [0.1, 0.15) is 11.6 Å².